The van der Waals surface area contributed by atoms with Gasteiger partial charge in [0.1, 0.15) is 0 Å². The number of carbonyl (C=O) groups excluding carboxylic acids is 2. The molecule has 0 spiro atoms. The number of esters is 2. The minimum Gasteiger partial charge on any atom is -0.465 e. The van der Waals surface area contributed by atoms with Crippen LogP contribution in [0.25, 0.3) is 0 Å². The van der Waals surface area contributed by atoms with Crippen LogP contribution in [0, 0.1) is 0 Å². The van der Waals surface area contributed by atoms with Crippen molar-refractivity contribution in [1.29, 1.82) is 0 Å². The summed E-state index contributed by atoms with van der Waals surface area (Å²) < 4.78 is 9.38. The summed E-state index contributed by atoms with van der Waals surface area (Å²) in [5.74, 6) is -0.143. The van der Waals surface area contributed by atoms with Crippen LogP contribution in [0.2, 0.25) is 0 Å². The van der Waals surface area contributed by atoms with Gasteiger partial charge in [0.2, 0.25) is 5.95 Å². The van der Waals surface area contributed by atoms with Crippen molar-refractivity contribution in [3.8, 4) is 0 Å². The van der Waals surface area contributed by atoms with E-state index in [-0.39, 0.29) is 5.95 Å². The van der Waals surface area contributed by atoms with Gasteiger partial charge in [0, 0.05) is 11.4 Å². The predicted octanol–water partition coefficient (Wildman–Crippen LogP) is 2.93. The van der Waals surface area contributed by atoms with Crippen LogP contribution in [0.5, 0.6) is 0 Å². The number of benzene rings is 2. The molecule has 9 nitrogen and oxygen atoms in total. The number of rotatable bonds is 6. The minimum atomic E-state index is -0.437. The number of nitrogens with one attached hydrogen (secondary N) is 2. The fraction of sp³-hybridized carbons (Fsp3) is 0.105. The number of hydrogen-bond donors (Lipinski definition) is 2. The molecule has 1 aromatic heterocycles. The van der Waals surface area contributed by atoms with Crippen LogP contribution in [0.1, 0.15) is 20.7 Å². The number of carbonyl (C=O) groups is 2. The molecule has 0 saturated carbocycles. The highest BCUT2D eigenvalue weighted by Gasteiger charge is 2.08. The Bertz CT molecular complexity index is 992. The first kappa shape index (κ1) is 18.8. The molecule has 0 fully saturated rings. The molecule has 2 aromatic carbocycles. The fourth-order valence-electron chi connectivity index (χ4n) is 2.34. The number of ether oxygens (including phenoxy) is 2. The summed E-state index contributed by atoms with van der Waals surface area (Å²) in [5, 5.41) is 13.9. The Kier molecular flexibility index (Phi) is 5.75. The number of nitrogens with zero attached hydrogens (tertiary/aromatic N) is 3. The minimum absolute atomic E-state index is 0.248. The van der Waals surface area contributed by atoms with Gasteiger partial charge in [-0.1, -0.05) is 6.07 Å². The molecule has 2 N–H and O–H groups in total. The number of anilines is 4. The van der Waals surface area contributed by atoms with Gasteiger partial charge in [-0.05, 0) is 42.5 Å². The molecule has 0 radical (unpaired) electrons. The number of hydrogen-bond acceptors (Lipinski definition) is 9. The summed E-state index contributed by atoms with van der Waals surface area (Å²) in [6.07, 6.45) is 1.46. The highest BCUT2D eigenvalue weighted by molar-refractivity contribution is 5.90. The normalized spacial score (nSPS) is 10.1. The van der Waals surface area contributed by atoms with Crippen molar-refractivity contribution in [1.82, 2.24) is 15.2 Å². The van der Waals surface area contributed by atoms with E-state index < -0.39 is 11.9 Å². The van der Waals surface area contributed by atoms with Gasteiger partial charge in [0.05, 0.1) is 31.5 Å². The van der Waals surface area contributed by atoms with Gasteiger partial charge < -0.3 is 20.1 Å². The zero-order valence-corrected chi connectivity index (χ0v) is 15.2. The number of methoxy groups -OCH3 is 2. The van der Waals surface area contributed by atoms with E-state index in [9.17, 15) is 9.59 Å². The van der Waals surface area contributed by atoms with Gasteiger partial charge >= 0.3 is 11.9 Å². The molecule has 1 heterocycles. The lowest BCUT2D eigenvalue weighted by Gasteiger charge is -2.09. The molecule has 0 saturated heterocycles. The maximum Gasteiger partial charge on any atom is 0.337 e. The molecule has 0 unspecified atom stereocenters. The van der Waals surface area contributed by atoms with Gasteiger partial charge in [-0.3, -0.25) is 0 Å². The van der Waals surface area contributed by atoms with Gasteiger partial charge in [-0.2, -0.15) is 10.1 Å². The monoisotopic (exact) mass is 379 g/mol. The van der Waals surface area contributed by atoms with Crippen molar-refractivity contribution < 1.29 is 19.1 Å². The Morgan fingerprint density at radius 2 is 1.57 bits per heavy atom. The average Bonchev–Trinajstić information content (AvgIpc) is 2.73. The molecule has 0 bridgehead atoms. The Hall–Kier alpha value is -4.01. The van der Waals surface area contributed by atoms with Crippen molar-refractivity contribution in [2.24, 2.45) is 0 Å². The van der Waals surface area contributed by atoms with E-state index >= 15 is 0 Å². The highest BCUT2D eigenvalue weighted by atomic mass is 16.5. The van der Waals surface area contributed by atoms with Crippen molar-refractivity contribution in [2.45, 2.75) is 0 Å². The average molecular weight is 379 g/mol. The second-order valence-corrected chi connectivity index (χ2v) is 5.56. The van der Waals surface area contributed by atoms with E-state index in [0.29, 0.717) is 28.3 Å². The lowest BCUT2D eigenvalue weighted by molar-refractivity contribution is 0.0592. The summed E-state index contributed by atoms with van der Waals surface area (Å²) in [6, 6.07) is 13.5. The van der Waals surface area contributed by atoms with E-state index in [2.05, 4.69) is 30.6 Å². The molecule has 142 valence electrons. The zero-order valence-electron chi connectivity index (χ0n) is 15.2. The van der Waals surface area contributed by atoms with E-state index in [0.717, 1.165) is 0 Å². The van der Waals surface area contributed by atoms with Crippen molar-refractivity contribution in [3.63, 3.8) is 0 Å². The smallest absolute Gasteiger partial charge is 0.337 e. The first-order valence-corrected chi connectivity index (χ1v) is 8.19. The van der Waals surface area contributed by atoms with Crippen LogP contribution in [0.4, 0.5) is 23.1 Å². The molecule has 0 aliphatic heterocycles. The molecule has 0 atom stereocenters. The molecule has 28 heavy (non-hydrogen) atoms. The summed E-state index contributed by atoms with van der Waals surface area (Å²) in [6.45, 7) is 0. The van der Waals surface area contributed by atoms with Gasteiger partial charge in [0.25, 0.3) is 0 Å². The fourth-order valence-corrected chi connectivity index (χ4v) is 2.34. The summed E-state index contributed by atoms with van der Waals surface area (Å²) >= 11 is 0. The second kappa shape index (κ2) is 8.58. The highest BCUT2D eigenvalue weighted by Crippen LogP contribution is 2.18. The third kappa shape index (κ3) is 4.58. The van der Waals surface area contributed by atoms with Crippen molar-refractivity contribution >= 4 is 35.1 Å². The van der Waals surface area contributed by atoms with Gasteiger partial charge in [-0.15, -0.1) is 5.10 Å². The van der Waals surface area contributed by atoms with Crippen LogP contribution >= 0.6 is 0 Å². The Balaban J connectivity index is 1.72. The lowest BCUT2D eigenvalue weighted by atomic mass is 10.2. The maximum absolute atomic E-state index is 11.6. The SMILES string of the molecule is COC(=O)c1ccc(Nc2cnnc(Nc3cccc(C(=O)OC)c3)n2)cc1. The van der Waals surface area contributed by atoms with Crippen molar-refractivity contribution in [3.05, 3.63) is 65.9 Å². The predicted molar refractivity (Wildman–Crippen MR) is 102 cm³/mol. The number of aromatic nitrogens is 3. The third-order valence-corrected chi connectivity index (χ3v) is 3.68. The van der Waals surface area contributed by atoms with Crippen molar-refractivity contribution in [2.75, 3.05) is 24.9 Å². The first-order chi connectivity index (χ1) is 13.6. The quantitative estimate of drug-likeness (QED) is 0.624. The van der Waals surface area contributed by atoms with E-state index in [1.807, 2.05) is 0 Å². The van der Waals surface area contributed by atoms with Crippen LogP contribution in [-0.4, -0.2) is 41.3 Å². The van der Waals surface area contributed by atoms with Crippen LogP contribution in [-0.2, 0) is 9.47 Å². The molecule has 0 aliphatic rings. The van der Waals surface area contributed by atoms with Crippen LogP contribution in [0.3, 0.4) is 0 Å². The van der Waals surface area contributed by atoms with Gasteiger partial charge in [-0.25, -0.2) is 9.59 Å². The Labute approximate surface area is 160 Å². The topological polar surface area (TPSA) is 115 Å². The second-order valence-electron chi connectivity index (χ2n) is 5.56. The van der Waals surface area contributed by atoms with Gasteiger partial charge in [0.15, 0.2) is 5.82 Å². The largest absolute Gasteiger partial charge is 0.465 e. The standard InChI is InChI=1S/C19H17N5O4/c1-27-17(25)12-6-8-14(9-7-12)21-16-11-20-24-19(23-16)22-15-5-3-4-13(10-15)18(26)28-2/h3-11H,1-2H3,(H2,21,22,23,24). The molecule has 0 aliphatic carbocycles. The Morgan fingerprint density at radius 1 is 0.857 bits per heavy atom. The summed E-state index contributed by atoms with van der Waals surface area (Å²) in [4.78, 5) is 27.4. The van der Waals surface area contributed by atoms with E-state index in [1.165, 1.54) is 20.4 Å². The molecule has 3 aromatic rings. The van der Waals surface area contributed by atoms with E-state index in [4.69, 9.17) is 4.74 Å². The third-order valence-electron chi connectivity index (χ3n) is 3.68. The molecule has 3 rings (SSSR count). The van der Waals surface area contributed by atoms with Crippen LogP contribution < -0.4 is 10.6 Å². The lowest BCUT2D eigenvalue weighted by Crippen LogP contribution is -2.05. The molecule has 9 heteroatoms. The molecular weight excluding hydrogens is 362 g/mol. The molecule has 0 amide bonds. The first-order valence-electron chi connectivity index (χ1n) is 8.19. The Morgan fingerprint density at radius 3 is 2.29 bits per heavy atom. The summed E-state index contributed by atoms with van der Waals surface area (Å²) in [5.41, 5.74) is 2.18. The molecular formula is C19H17N5O4. The maximum atomic E-state index is 11.6. The zero-order chi connectivity index (χ0) is 19.9. The summed E-state index contributed by atoms with van der Waals surface area (Å²) in [7, 11) is 2.65. The van der Waals surface area contributed by atoms with Crippen LogP contribution in [0.15, 0.2) is 54.7 Å². The van der Waals surface area contributed by atoms with E-state index in [1.54, 1.807) is 48.5 Å².